The number of nitrogen functional groups attached to an aromatic ring is 1. The molecule has 0 saturated heterocycles. The van der Waals surface area contributed by atoms with E-state index < -0.39 is 0 Å². The van der Waals surface area contributed by atoms with E-state index in [9.17, 15) is 10.4 Å². The summed E-state index contributed by atoms with van der Waals surface area (Å²) < 4.78 is 0. The minimum Gasteiger partial charge on any atom is -0.508 e. The molecule has 3 rings (SSSR count). The molecule has 1 heterocycles. The molecule has 3 aromatic rings. The van der Waals surface area contributed by atoms with Crippen molar-refractivity contribution in [1.29, 1.82) is 5.26 Å². The summed E-state index contributed by atoms with van der Waals surface area (Å²) in [4.78, 5) is 3.05. The summed E-state index contributed by atoms with van der Waals surface area (Å²) in [5.74, 6) is 0.528. The normalized spacial score (nSPS) is 10.1. The van der Waals surface area contributed by atoms with Gasteiger partial charge in [-0.2, -0.15) is 5.26 Å². The maximum absolute atomic E-state index is 9.39. The third-order valence-electron chi connectivity index (χ3n) is 3.47. The van der Waals surface area contributed by atoms with Crippen molar-refractivity contribution >= 4 is 5.82 Å². The molecule has 0 saturated carbocycles. The van der Waals surface area contributed by atoms with E-state index in [1.807, 2.05) is 36.4 Å². The summed E-state index contributed by atoms with van der Waals surface area (Å²) in [5, 5.41) is 18.8. The fraction of sp³-hybridized carbons (Fsp3) is 0. The van der Waals surface area contributed by atoms with Crippen LogP contribution >= 0.6 is 0 Å². The van der Waals surface area contributed by atoms with Crippen molar-refractivity contribution in [3.8, 4) is 34.2 Å². The number of hydrogen-bond acceptors (Lipinski definition) is 3. The van der Waals surface area contributed by atoms with Gasteiger partial charge in [0, 0.05) is 11.1 Å². The van der Waals surface area contributed by atoms with E-state index >= 15 is 0 Å². The number of pyridine rings is 1. The Hall–Kier alpha value is -3.32. The van der Waals surface area contributed by atoms with Gasteiger partial charge in [0.15, 0.2) is 0 Å². The maximum Gasteiger partial charge on any atom is 0.289 e. The molecule has 2 aromatic carbocycles. The number of aromatic hydroxyl groups is 1. The lowest BCUT2D eigenvalue weighted by Gasteiger charge is -2.07. The number of aromatic nitrogens is 1. The largest absolute Gasteiger partial charge is 0.508 e. The van der Waals surface area contributed by atoms with Crippen molar-refractivity contribution in [3.63, 3.8) is 0 Å². The molecular weight excluding hydrogens is 274 g/mol. The van der Waals surface area contributed by atoms with Gasteiger partial charge in [0.2, 0.25) is 0 Å². The summed E-state index contributed by atoms with van der Waals surface area (Å²) in [6.45, 7) is 0. The van der Waals surface area contributed by atoms with Crippen LogP contribution in [0.3, 0.4) is 0 Å². The number of anilines is 1. The number of rotatable bonds is 2. The van der Waals surface area contributed by atoms with E-state index in [4.69, 9.17) is 5.73 Å². The molecule has 0 amide bonds. The van der Waals surface area contributed by atoms with Crippen LogP contribution in [-0.2, 0) is 0 Å². The van der Waals surface area contributed by atoms with Crippen molar-refractivity contribution in [2.75, 3.05) is 5.73 Å². The second-order valence-electron chi connectivity index (χ2n) is 4.91. The number of aromatic amines is 1. The number of nitrogens with one attached hydrogen (secondary N) is 1. The summed E-state index contributed by atoms with van der Waals surface area (Å²) in [6.07, 6.45) is 0. The molecule has 0 fully saturated rings. The number of benzene rings is 2. The second kappa shape index (κ2) is 5.58. The van der Waals surface area contributed by atoms with Crippen LogP contribution in [0.1, 0.15) is 5.56 Å². The highest BCUT2D eigenvalue weighted by atomic mass is 16.3. The fourth-order valence-electron chi connectivity index (χ4n) is 2.37. The third kappa shape index (κ3) is 2.48. The van der Waals surface area contributed by atoms with Crippen LogP contribution in [0.5, 0.6) is 5.75 Å². The first-order valence-electron chi connectivity index (χ1n) is 6.80. The molecule has 0 unspecified atom stereocenters. The number of nitrogens with two attached hydrogens (primary N) is 1. The minimum absolute atomic E-state index is 0.202. The Labute approximate surface area is 128 Å². The molecule has 22 heavy (non-hydrogen) atoms. The zero-order chi connectivity index (χ0) is 15.5. The summed E-state index contributed by atoms with van der Waals surface area (Å²) in [6, 6.07) is 20.5. The topological polar surface area (TPSA) is 84.2 Å². The average Bonchev–Trinajstić information content (AvgIpc) is 2.55. The van der Waals surface area contributed by atoms with Crippen molar-refractivity contribution in [1.82, 2.24) is 0 Å². The Bertz CT molecular complexity index is 850. The molecule has 0 radical (unpaired) electrons. The van der Waals surface area contributed by atoms with E-state index in [-0.39, 0.29) is 5.75 Å². The highest BCUT2D eigenvalue weighted by Gasteiger charge is 2.16. The van der Waals surface area contributed by atoms with Gasteiger partial charge in [-0.1, -0.05) is 30.3 Å². The van der Waals surface area contributed by atoms with Crippen LogP contribution in [0, 0.1) is 11.3 Å². The highest BCUT2D eigenvalue weighted by Crippen LogP contribution is 2.29. The van der Waals surface area contributed by atoms with Gasteiger partial charge in [0.05, 0.1) is 0 Å². The zero-order valence-corrected chi connectivity index (χ0v) is 11.7. The predicted molar refractivity (Wildman–Crippen MR) is 84.7 cm³/mol. The number of phenols is 1. The van der Waals surface area contributed by atoms with E-state index in [1.54, 1.807) is 24.3 Å². The van der Waals surface area contributed by atoms with Gasteiger partial charge in [-0.3, -0.25) is 5.73 Å². The Morgan fingerprint density at radius 2 is 1.64 bits per heavy atom. The first kappa shape index (κ1) is 13.7. The predicted octanol–water partition coefficient (Wildman–Crippen LogP) is 2.99. The number of nitriles is 1. The Morgan fingerprint density at radius 3 is 2.27 bits per heavy atom. The first-order valence-corrected chi connectivity index (χ1v) is 6.80. The van der Waals surface area contributed by atoms with Crippen LogP contribution in [-0.4, -0.2) is 5.11 Å². The van der Waals surface area contributed by atoms with Gasteiger partial charge in [-0.05, 0) is 35.9 Å². The van der Waals surface area contributed by atoms with E-state index in [2.05, 4.69) is 11.1 Å². The van der Waals surface area contributed by atoms with Crippen molar-refractivity contribution < 1.29 is 10.1 Å². The van der Waals surface area contributed by atoms with E-state index in [0.29, 0.717) is 11.4 Å². The van der Waals surface area contributed by atoms with Crippen molar-refractivity contribution in [3.05, 3.63) is 66.2 Å². The Morgan fingerprint density at radius 1 is 0.955 bits per heavy atom. The molecule has 0 bridgehead atoms. The van der Waals surface area contributed by atoms with E-state index in [0.717, 1.165) is 22.4 Å². The van der Waals surface area contributed by atoms with E-state index in [1.165, 1.54) is 0 Å². The zero-order valence-electron chi connectivity index (χ0n) is 11.7. The summed E-state index contributed by atoms with van der Waals surface area (Å²) in [5.41, 5.74) is 9.81. The smallest absolute Gasteiger partial charge is 0.289 e. The molecule has 4 N–H and O–H groups in total. The maximum atomic E-state index is 9.39. The lowest BCUT2D eigenvalue weighted by molar-refractivity contribution is -0.346. The van der Waals surface area contributed by atoms with Crippen LogP contribution in [0.15, 0.2) is 60.7 Å². The van der Waals surface area contributed by atoms with Gasteiger partial charge < -0.3 is 5.11 Å². The molecule has 0 atom stereocenters. The van der Waals surface area contributed by atoms with Crippen molar-refractivity contribution in [2.24, 2.45) is 0 Å². The lowest BCUT2D eigenvalue weighted by Crippen LogP contribution is -2.16. The summed E-state index contributed by atoms with van der Waals surface area (Å²) >= 11 is 0. The molecule has 4 heteroatoms. The van der Waals surface area contributed by atoms with Gasteiger partial charge in [0.25, 0.3) is 5.82 Å². The summed E-state index contributed by atoms with van der Waals surface area (Å²) in [7, 11) is 0. The number of hydrogen-bond donors (Lipinski definition) is 2. The van der Waals surface area contributed by atoms with Gasteiger partial charge in [0.1, 0.15) is 23.1 Å². The highest BCUT2D eigenvalue weighted by molar-refractivity contribution is 5.77. The Kier molecular flexibility index (Phi) is 3.47. The SMILES string of the molecule is N#Cc1c(-c2ccccc2)cc(-c2ccc(O)cc2)[nH+]c1N. The Balaban J connectivity index is 2.21. The fourth-order valence-corrected chi connectivity index (χ4v) is 2.37. The standard InChI is InChI=1S/C18H13N3O/c19-11-16-15(12-4-2-1-3-5-12)10-17(21-18(16)20)13-6-8-14(22)9-7-13/h1-10,22H,(H2,20,21)/p+1. The first-order chi connectivity index (χ1) is 10.7. The molecular formula is C18H14N3O+. The molecule has 106 valence electrons. The number of nitrogens with zero attached hydrogens (tertiary/aromatic N) is 1. The van der Waals surface area contributed by atoms with Gasteiger partial charge >= 0.3 is 0 Å². The van der Waals surface area contributed by atoms with Crippen LogP contribution in [0.25, 0.3) is 22.4 Å². The third-order valence-corrected chi connectivity index (χ3v) is 3.47. The molecule has 0 spiro atoms. The average molecular weight is 288 g/mol. The molecule has 4 nitrogen and oxygen atoms in total. The molecule has 0 aliphatic heterocycles. The van der Waals surface area contributed by atoms with Gasteiger partial charge in [-0.25, -0.2) is 4.98 Å². The quantitative estimate of drug-likeness (QED) is 0.760. The minimum atomic E-state index is 0.202. The number of phenolic OH excluding ortho intramolecular Hbond substituents is 1. The molecule has 0 aliphatic carbocycles. The van der Waals surface area contributed by atoms with Crippen LogP contribution in [0.4, 0.5) is 5.82 Å². The second-order valence-corrected chi connectivity index (χ2v) is 4.91. The lowest BCUT2D eigenvalue weighted by atomic mass is 9.98. The molecule has 1 aromatic heterocycles. The van der Waals surface area contributed by atoms with Crippen LogP contribution < -0.4 is 10.7 Å². The monoisotopic (exact) mass is 288 g/mol. The van der Waals surface area contributed by atoms with Crippen molar-refractivity contribution in [2.45, 2.75) is 0 Å². The van der Waals surface area contributed by atoms with Crippen LogP contribution in [0.2, 0.25) is 0 Å². The van der Waals surface area contributed by atoms with Gasteiger partial charge in [-0.15, -0.1) is 0 Å². The number of H-pyrrole nitrogens is 1. The molecule has 0 aliphatic rings.